The lowest BCUT2D eigenvalue weighted by Gasteiger charge is -2.36. The molecule has 1 unspecified atom stereocenters. The van der Waals surface area contributed by atoms with Crippen molar-refractivity contribution in [1.29, 1.82) is 0 Å². The van der Waals surface area contributed by atoms with Crippen LogP contribution < -0.4 is 5.09 Å². The molecule has 9 heteroatoms. The van der Waals surface area contributed by atoms with E-state index in [0.29, 0.717) is 0 Å². The summed E-state index contributed by atoms with van der Waals surface area (Å²) in [6.45, 7) is 3.08. The van der Waals surface area contributed by atoms with Crippen LogP contribution in [-0.4, -0.2) is 57.7 Å². The molecule has 0 aromatic heterocycles. The molecule has 0 saturated carbocycles. The highest BCUT2D eigenvalue weighted by Crippen LogP contribution is 2.62. The molecule has 4 heterocycles. The third-order valence-electron chi connectivity index (χ3n) is 14.2. The van der Waals surface area contributed by atoms with Crippen LogP contribution in [0.1, 0.15) is 80.8 Å². The van der Waals surface area contributed by atoms with Crippen LogP contribution in [0.15, 0.2) is 257 Å². The van der Waals surface area contributed by atoms with Gasteiger partial charge in [0.25, 0.3) is 7.51 Å². The maximum atomic E-state index is 6.28. The summed E-state index contributed by atoms with van der Waals surface area (Å²) in [6.07, 6.45) is 0. The van der Waals surface area contributed by atoms with Gasteiger partial charge < -0.3 is 19.6 Å². The number of nitrogens with zero attached hydrogens (tertiary/aromatic N) is 7. The molecular weight excluding hydrogens is 864 g/mol. The van der Waals surface area contributed by atoms with E-state index in [-0.39, 0.29) is 36.3 Å². The Bertz CT molecular complexity index is 3010. The van der Waals surface area contributed by atoms with Gasteiger partial charge in [-0.05, 0) is 44.5 Å². The Morgan fingerprint density at radius 3 is 1.07 bits per heavy atom. The molecule has 0 amide bonds. The predicted octanol–water partition coefficient (Wildman–Crippen LogP) is 13.0. The first-order valence-corrected chi connectivity index (χ1v) is 25.9. The normalized spacial score (nSPS) is 22.1. The number of hydrogen-bond donors (Lipinski definition) is 1. The number of nitrogens with one attached hydrogen (secondary N) is 1. The zero-order valence-corrected chi connectivity index (χ0v) is 39.4. The summed E-state index contributed by atoms with van der Waals surface area (Å²) in [5.74, 6) is 1.83. The van der Waals surface area contributed by atoms with E-state index >= 15 is 0 Å². The Morgan fingerprint density at radius 2 is 0.681 bits per heavy atom. The SMILES string of the molecule is c1ccc(C(c2ccccc2)N2CCN3C2=NP2(=N[C@@H](c4ccccc4)[C@@H]3c3ccccc3)N=C3N(C(c4ccccc4)c4ccccc4)CCN3[C@@H](c3ccccc3)[C@H](c3ccccc3)N2)cc1. The first-order valence-electron chi connectivity index (χ1n) is 24.3. The molecule has 340 valence electrons. The molecule has 4 aliphatic rings. The van der Waals surface area contributed by atoms with Gasteiger partial charge in [0.2, 0.25) is 11.9 Å². The van der Waals surface area contributed by atoms with Crippen molar-refractivity contribution in [2.24, 2.45) is 14.3 Å². The Hall–Kier alpha value is -7.51. The van der Waals surface area contributed by atoms with Crippen LogP contribution in [0.3, 0.4) is 0 Å². The van der Waals surface area contributed by atoms with Gasteiger partial charge >= 0.3 is 0 Å². The van der Waals surface area contributed by atoms with Gasteiger partial charge in [0.05, 0.1) is 30.2 Å². The molecule has 0 aliphatic carbocycles. The van der Waals surface area contributed by atoms with Gasteiger partial charge in [0.15, 0.2) is 0 Å². The van der Waals surface area contributed by atoms with E-state index < -0.39 is 7.51 Å². The van der Waals surface area contributed by atoms with Gasteiger partial charge in [-0.1, -0.05) is 243 Å². The lowest BCUT2D eigenvalue weighted by atomic mass is 9.93. The van der Waals surface area contributed by atoms with Crippen LogP contribution in [0.5, 0.6) is 0 Å². The van der Waals surface area contributed by atoms with E-state index in [1.165, 1.54) is 38.9 Å². The topological polar surface area (TPSA) is 62.1 Å². The lowest BCUT2D eigenvalue weighted by Crippen LogP contribution is -2.40. The second-order valence-corrected chi connectivity index (χ2v) is 20.3. The van der Waals surface area contributed by atoms with Crippen LogP contribution in [0.25, 0.3) is 0 Å². The molecule has 2 fully saturated rings. The third-order valence-corrected chi connectivity index (χ3v) is 16.3. The average Bonchev–Trinajstić information content (AvgIpc) is 3.92. The third kappa shape index (κ3) is 8.24. The zero-order valence-electron chi connectivity index (χ0n) is 38.5. The fourth-order valence-corrected chi connectivity index (χ4v) is 13.7. The molecule has 1 spiro atoms. The molecule has 0 radical (unpaired) electrons. The fourth-order valence-electron chi connectivity index (χ4n) is 11.2. The van der Waals surface area contributed by atoms with E-state index in [9.17, 15) is 0 Å². The monoisotopic (exact) mass is 918 g/mol. The number of hydrogen-bond acceptors (Lipinski definition) is 8. The van der Waals surface area contributed by atoms with Gasteiger partial charge in [0.1, 0.15) is 6.04 Å². The summed E-state index contributed by atoms with van der Waals surface area (Å²) >= 11 is 0. The van der Waals surface area contributed by atoms with Crippen molar-refractivity contribution in [2.75, 3.05) is 26.2 Å². The van der Waals surface area contributed by atoms with Crippen molar-refractivity contribution in [3.8, 4) is 0 Å². The fraction of sp³-hybridized carbons (Fsp3) is 0.167. The number of fused-ring (bicyclic) bond motifs is 2. The Labute approximate surface area is 406 Å². The first kappa shape index (κ1) is 42.8. The molecule has 0 bridgehead atoms. The number of rotatable bonds is 10. The Balaban J connectivity index is 1.17. The summed E-state index contributed by atoms with van der Waals surface area (Å²) in [5.41, 5.74) is 9.57. The maximum Gasteiger partial charge on any atom is 0.260 e. The van der Waals surface area contributed by atoms with Gasteiger partial charge in [-0.3, -0.25) is 0 Å². The quantitative estimate of drug-likeness (QED) is 0.139. The summed E-state index contributed by atoms with van der Waals surface area (Å²) in [7, 11) is -3.41. The molecule has 8 aromatic rings. The Kier molecular flexibility index (Phi) is 11.7. The summed E-state index contributed by atoms with van der Waals surface area (Å²) in [5, 5.41) is 4.38. The summed E-state index contributed by atoms with van der Waals surface area (Å²) in [4.78, 5) is 10.2. The highest BCUT2D eigenvalue weighted by molar-refractivity contribution is 7.62. The molecule has 12 rings (SSSR count). The van der Waals surface area contributed by atoms with E-state index in [1.54, 1.807) is 0 Å². The second kappa shape index (κ2) is 18.9. The van der Waals surface area contributed by atoms with Crippen LogP contribution in [-0.2, 0) is 0 Å². The van der Waals surface area contributed by atoms with E-state index in [4.69, 9.17) is 14.3 Å². The van der Waals surface area contributed by atoms with Crippen molar-refractivity contribution in [3.05, 3.63) is 287 Å². The van der Waals surface area contributed by atoms with Gasteiger partial charge in [-0.2, -0.15) is 9.53 Å². The largest absolute Gasteiger partial charge is 0.332 e. The summed E-state index contributed by atoms with van der Waals surface area (Å²) in [6, 6.07) is 86.5. The van der Waals surface area contributed by atoms with Gasteiger partial charge in [0, 0.05) is 26.2 Å². The predicted molar refractivity (Wildman–Crippen MR) is 280 cm³/mol. The minimum absolute atomic E-state index is 0.109. The maximum absolute atomic E-state index is 6.28. The molecule has 8 aromatic carbocycles. The van der Waals surface area contributed by atoms with Crippen molar-refractivity contribution in [1.82, 2.24) is 24.7 Å². The van der Waals surface area contributed by atoms with Gasteiger partial charge in [-0.25, -0.2) is 9.83 Å². The van der Waals surface area contributed by atoms with Gasteiger partial charge in [-0.15, -0.1) is 0 Å². The van der Waals surface area contributed by atoms with Crippen molar-refractivity contribution in [2.45, 2.75) is 36.3 Å². The highest BCUT2D eigenvalue weighted by atomic mass is 31.2. The van der Waals surface area contributed by atoms with E-state index in [0.717, 1.165) is 43.7 Å². The molecule has 4 aliphatic heterocycles. The van der Waals surface area contributed by atoms with Crippen molar-refractivity contribution < 1.29 is 0 Å². The lowest BCUT2D eigenvalue weighted by molar-refractivity contribution is 0.290. The van der Waals surface area contributed by atoms with Crippen LogP contribution >= 0.6 is 7.51 Å². The van der Waals surface area contributed by atoms with Crippen molar-refractivity contribution >= 4 is 19.4 Å². The molecule has 69 heavy (non-hydrogen) atoms. The minimum atomic E-state index is -3.41. The smallest absolute Gasteiger partial charge is 0.260 e. The molecule has 1 N–H and O–H groups in total. The highest BCUT2D eigenvalue weighted by Gasteiger charge is 2.50. The first-order chi connectivity index (χ1) is 34.2. The second-order valence-electron chi connectivity index (χ2n) is 18.3. The number of guanidine groups is 2. The van der Waals surface area contributed by atoms with Crippen LogP contribution in [0, 0.1) is 0 Å². The molecule has 8 nitrogen and oxygen atoms in total. The number of benzene rings is 8. The zero-order chi connectivity index (χ0) is 46.0. The Morgan fingerprint density at radius 1 is 0.362 bits per heavy atom. The summed E-state index contributed by atoms with van der Waals surface area (Å²) < 4.78 is 18.8. The molecular formula is C60H55N8P. The minimum Gasteiger partial charge on any atom is -0.332 e. The standard InChI is InChI=1S/C60H55N8P/c1-9-25-45(26-10-1)53-57(51-37-21-7-22-38-51)67-43-41-65(55(47-29-13-3-14-30-47)48-31-15-4-16-32-48)59(67)63-69(61-53)62-54(46-27-11-2-12-28-46)58(52-39-23-8-24-40-52)68-44-42-66(60(68)64-69)56(49-33-17-5-18-34-49)50-35-19-6-20-36-50/h1-40,53-58,61H,41-44H2/t53-,54-,57-,58-,69?/m0/s1. The molecule has 5 atom stereocenters. The average molecular weight is 919 g/mol. The van der Waals surface area contributed by atoms with E-state index in [2.05, 4.69) is 267 Å². The molecule has 2 saturated heterocycles. The van der Waals surface area contributed by atoms with Crippen molar-refractivity contribution in [3.63, 3.8) is 0 Å². The van der Waals surface area contributed by atoms with Crippen LogP contribution in [0.2, 0.25) is 0 Å². The van der Waals surface area contributed by atoms with Crippen LogP contribution in [0.4, 0.5) is 0 Å². The van der Waals surface area contributed by atoms with E-state index in [1.807, 2.05) is 0 Å².